The molecule has 23 heavy (non-hydrogen) atoms. The predicted molar refractivity (Wildman–Crippen MR) is 91.7 cm³/mol. The van der Waals surface area contributed by atoms with Crippen molar-refractivity contribution in [2.45, 2.75) is 26.7 Å². The van der Waals surface area contributed by atoms with Gasteiger partial charge in [-0.1, -0.05) is 0 Å². The van der Waals surface area contributed by atoms with Crippen molar-refractivity contribution in [3.8, 4) is 11.5 Å². The first-order valence-electron chi connectivity index (χ1n) is 8.60. The second-order valence-corrected chi connectivity index (χ2v) is 5.65. The Morgan fingerprint density at radius 1 is 1.13 bits per heavy atom. The monoisotopic (exact) mass is 320 g/mol. The summed E-state index contributed by atoms with van der Waals surface area (Å²) in [6, 6.07) is 5.47. The second-order valence-electron chi connectivity index (χ2n) is 5.65. The van der Waals surface area contributed by atoms with Gasteiger partial charge in [-0.15, -0.1) is 0 Å². The first kappa shape index (κ1) is 17.8. The number of carbonyl (C=O) groups is 1. The third-order valence-electron chi connectivity index (χ3n) is 3.95. The van der Waals surface area contributed by atoms with Crippen LogP contribution >= 0.6 is 0 Å². The maximum atomic E-state index is 12.5. The first-order chi connectivity index (χ1) is 11.2. The number of nitrogens with one attached hydrogen (secondary N) is 1. The van der Waals surface area contributed by atoms with E-state index in [0.29, 0.717) is 36.7 Å². The van der Waals surface area contributed by atoms with Gasteiger partial charge in [0.2, 0.25) is 0 Å². The summed E-state index contributed by atoms with van der Waals surface area (Å²) < 4.78 is 11.1. The van der Waals surface area contributed by atoms with Gasteiger partial charge in [0.25, 0.3) is 0 Å². The van der Waals surface area contributed by atoms with Crippen LogP contribution in [-0.2, 0) is 0 Å². The zero-order valence-corrected chi connectivity index (χ0v) is 14.3. The Hall–Kier alpha value is -1.59. The Labute approximate surface area is 139 Å². The average molecular weight is 320 g/mol. The number of hydrogen-bond donors (Lipinski definition) is 1. The molecule has 1 heterocycles. The van der Waals surface area contributed by atoms with Crippen LogP contribution in [0.25, 0.3) is 0 Å². The number of ether oxygens (including phenoxy) is 2. The minimum atomic E-state index is 0.159. The second kappa shape index (κ2) is 9.53. The van der Waals surface area contributed by atoms with E-state index < -0.39 is 0 Å². The molecule has 0 unspecified atom stereocenters. The molecular formula is C18H28N2O3. The molecule has 1 aromatic rings. The van der Waals surface area contributed by atoms with E-state index in [1.54, 1.807) is 6.07 Å². The van der Waals surface area contributed by atoms with E-state index in [1.807, 2.05) is 26.0 Å². The van der Waals surface area contributed by atoms with Gasteiger partial charge in [-0.25, -0.2) is 0 Å². The van der Waals surface area contributed by atoms with E-state index in [1.165, 1.54) is 0 Å². The van der Waals surface area contributed by atoms with E-state index in [9.17, 15) is 4.79 Å². The van der Waals surface area contributed by atoms with Crippen molar-refractivity contribution in [2.24, 2.45) is 0 Å². The van der Waals surface area contributed by atoms with Crippen molar-refractivity contribution >= 4 is 5.78 Å². The summed E-state index contributed by atoms with van der Waals surface area (Å²) in [7, 11) is 0. The van der Waals surface area contributed by atoms with Crippen molar-refractivity contribution in [3.63, 3.8) is 0 Å². The molecule has 5 heteroatoms. The Morgan fingerprint density at radius 3 is 2.70 bits per heavy atom. The number of hydrogen-bond acceptors (Lipinski definition) is 5. The molecule has 2 rings (SSSR count). The molecule has 0 aromatic heterocycles. The maximum absolute atomic E-state index is 12.5. The Bertz CT molecular complexity index is 497. The summed E-state index contributed by atoms with van der Waals surface area (Å²) in [5, 5.41) is 3.38. The van der Waals surface area contributed by atoms with Crippen LogP contribution in [-0.4, -0.2) is 56.6 Å². The molecular weight excluding hydrogens is 292 g/mol. The van der Waals surface area contributed by atoms with Crippen molar-refractivity contribution in [1.29, 1.82) is 0 Å². The van der Waals surface area contributed by atoms with Crippen molar-refractivity contribution in [1.82, 2.24) is 10.2 Å². The molecule has 1 saturated heterocycles. The molecule has 0 atom stereocenters. The molecule has 0 amide bonds. The van der Waals surface area contributed by atoms with Gasteiger partial charge >= 0.3 is 0 Å². The van der Waals surface area contributed by atoms with Gasteiger partial charge < -0.3 is 19.7 Å². The van der Waals surface area contributed by atoms with E-state index in [-0.39, 0.29) is 5.78 Å². The number of rotatable bonds is 8. The highest BCUT2D eigenvalue weighted by atomic mass is 16.5. The zero-order chi connectivity index (χ0) is 16.5. The fourth-order valence-electron chi connectivity index (χ4n) is 2.75. The Balaban J connectivity index is 1.96. The molecule has 0 radical (unpaired) electrons. The van der Waals surface area contributed by atoms with Gasteiger partial charge in [-0.3, -0.25) is 4.79 Å². The number of carbonyl (C=O) groups excluding carboxylic acids is 1. The molecule has 128 valence electrons. The van der Waals surface area contributed by atoms with Gasteiger partial charge in [0.1, 0.15) is 0 Å². The summed E-state index contributed by atoms with van der Waals surface area (Å²) in [5.41, 5.74) is 0.699. The van der Waals surface area contributed by atoms with Crippen LogP contribution in [0.5, 0.6) is 11.5 Å². The standard InChI is InChI=1S/C18H28N2O3/c1-3-22-17-7-6-15(14-18(17)23-4-2)16(21)8-12-20-11-5-9-19-10-13-20/h6-7,14,19H,3-5,8-13H2,1-2H3. The molecule has 0 saturated carbocycles. The van der Waals surface area contributed by atoms with E-state index >= 15 is 0 Å². The van der Waals surface area contributed by atoms with Crippen LogP contribution in [0.2, 0.25) is 0 Å². The van der Waals surface area contributed by atoms with Gasteiger partial charge in [0.15, 0.2) is 17.3 Å². The summed E-state index contributed by atoms with van der Waals surface area (Å²) in [6.45, 7) is 9.97. The molecule has 0 bridgehead atoms. The highest BCUT2D eigenvalue weighted by Crippen LogP contribution is 2.29. The summed E-state index contributed by atoms with van der Waals surface area (Å²) in [4.78, 5) is 14.8. The molecule has 0 aliphatic carbocycles. The third-order valence-corrected chi connectivity index (χ3v) is 3.95. The van der Waals surface area contributed by atoms with Gasteiger partial charge in [-0.05, 0) is 51.6 Å². The lowest BCUT2D eigenvalue weighted by molar-refractivity contribution is 0.0965. The maximum Gasteiger partial charge on any atom is 0.164 e. The summed E-state index contributed by atoms with van der Waals surface area (Å²) in [6.07, 6.45) is 1.69. The minimum Gasteiger partial charge on any atom is -0.490 e. The topological polar surface area (TPSA) is 50.8 Å². The summed E-state index contributed by atoms with van der Waals surface area (Å²) >= 11 is 0. The SMILES string of the molecule is CCOc1ccc(C(=O)CCN2CCCNCC2)cc1OCC. The zero-order valence-electron chi connectivity index (χ0n) is 14.3. The molecule has 0 spiro atoms. The van der Waals surface area contributed by atoms with Crippen molar-refractivity contribution in [3.05, 3.63) is 23.8 Å². The van der Waals surface area contributed by atoms with Crippen LogP contribution < -0.4 is 14.8 Å². The highest BCUT2D eigenvalue weighted by molar-refractivity contribution is 5.96. The molecule has 1 aromatic carbocycles. The normalized spacial score (nSPS) is 15.9. The minimum absolute atomic E-state index is 0.159. The smallest absolute Gasteiger partial charge is 0.164 e. The molecule has 1 fully saturated rings. The van der Waals surface area contributed by atoms with Crippen LogP contribution in [0.15, 0.2) is 18.2 Å². The third kappa shape index (κ3) is 5.52. The van der Waals surface area contributed by atoms with Crippen LogP contribution in [0.1, 0.15) is 37.0 Å². The summed E-state index contributed by atoms with van der Waals surface area (Å²) in [5.74, 6) is 1.51. The quantitative estimate of drug-likeness (QED) is 0.745. The number of nitrogens with zero attached hydrogens (tertiary/aromatic N) is 1. The van der Waals surface area contributed by atoms with Crippen molar-refractivity contribution < 1.29 is 14.3 Å². The van der Waals surface area contributed by atoms with Gasteiger partial charge in [-0.2, -0.15) is 0 Å². The number of benzene rings is 1. The lowest BCUT2D eigenvalue weighted by Gasteiger charge is -2.19. The van der Waals surface area contributed by atoms with E-state index in [4.69, 9.17) is 9.47 Å². The largest absolute Gasteiger partial charge is 0.490 e. The Morgan fingerprint density at radius 2 is 1.91 bits per heavy atom. The predicted octanol–water partition coefficient (Wildman–Crippen LogP) is 2.35. The first-order valence-corrected chi connectivity index (χ1v) is 8.60. The van der Waals surface area contributed by atoms with Gasteiger partial charge in [0.05, 0.1) is 13.2 Å². The molecule has 5 nitrogen and oxygen atoms in total. The molecule has 1 N–H and O–H groups in total. The molecule has 1 aliphatic rings. The Kier molecular flexibility index (Phi) is 7.36. The lowest BCUT2D eigenvalue weighted by Crippen LogP contribution is -2.30. The van der Waals surface area contributed by atoms with Crippen LogP contribution in [0.3, 0.4) is 0 Å². The molecule has 1 aliphatic heterocycles. The van der Waals surface area contributed by atoms with Crippen LogP contribution in [0.4, 0.5) is 0 Å². The highest BCUT2D eigenvalue weighted by Gasteiger charge is 2.14. The fourth-order valence-corrected chi connectivity index (χ4v) is 2.75. The fraction of sp³-hybridized carbons (Fsp3) is 0.611. The van der Waals surface area contributed by atoms with Crippen LogP contribution in [0, 0.1) is 0 Å². The number of ketones is 1. The lowest BCUT2D eigenvalue weighted by atomic mass is 10.1. The average Bonchev–Trinajstić information content (AvgIpc) is 2.83. The van der Waals surface area contributed by atoms with Gasteiger partial charge in [0, 0.05) is 31.6 Å². The van der Waals surface area contributed by atoms with E-state index in [0.717, 1.165) is 39.1 Å². The van der Waals surface area contributed by atoms with Crippen molar-refractivity contribution in [2.75, 3.05) is 45.9 Å². The number of Topliss-reactive ketones (excluding diaryl/α,β-unsaturated/α-hetero) is 1. The van der Waals surface area contributed by atoms with E-state index in [2.05, 4.69) is 10.2 Å².